The van der Waals surface area contributed by atoms with Crippen LogP contribution in [0.4, 0.5) is 13.2 Å². The van der Waals surface area contributed by atoms with E-state index in [0.29, 0.717) is 0 Å². The summed E-state index contributed by atoms with van der Waals surface area (Å²) in [7, 11) is 0. The predicted octanol–water partition coefficient (Wildman–Crippen LogP) is 3.64. The minimum Gasteiger partial charge on any atom is -0.287 e. The Morgan fingerprint density at radius 1 is 1.05 bits per heavy atom. The van der Waals surface area contributed by atoms with Crippen LogP contribution in [0.3, 0.4) is 0 Å². The molecule has 0 N–H and O–H groups in total. The summed E-state index contributed by atoms with van der Waals surface area (Å²) < 4.78 is 37.2. The molecule has 0 atom stereocenters. The van der Waals surface area contributed by atoms with Crippen LogP contribution < -0.4 is 0 Å². The van der Waals surface area contributed by atoms with Crippen molar-refractivity contribution in [3.8, 4) is 0 Å². The number of carbonyl (C=O) groups is 1. The molecule has 5 heteroatoms. The van der Waals surface area contributed by atoms with Crippen molar-refractivity contribution >= 4 is 5.78 Å². The van der Waals surface area contributed by atoms with E-state index in [1.54, 1.807) is 12.1 Å². The number of hydrogen-bond acceptors (Lipinski definition) is 2. The maximum Gasteiger partial charge on any atom is 0.416 e. The molecule has 0 aliphatic rings. The Morgan fingerprint density at radius 2 is 1.68 bits per heavy atom. The van der Waals surface area contributed by atoms with E-state index in [9.17, 15) is 18.0 Å². The zero-order chi connectivity index (χ0) is 14.0. The molecule has 0 amide bonds. The predicted molar refractivity (Wildman–Crippen MR) is 63.9 cm³/mol. The van der Waals surface area contributed by atoms with Gasteiger partial charge in [0.05, 0.1) is 5.56 Å². The van der Waals surface area contributed by atoms with Crippen LogP contribution >= 0.6 is 0 Å². The van der Waals surface area contributed by atoms with Gasteiger partial charge in [0.2, 0.25) is 5.78 Å². The average Bonchev–Trinajstić information content (AvgIpc) is 2.38. The fourth-order valence-electron chi connectivity index (χ4n) is 1.56. The number of ketones is 1. The molecule has 0 bridgehead atoms. The second-order valence-corrected chi connectivity index (χ2v) is 4.13. The number of benzene rings is 1. The van der Waals surface area contributed by atoms with Crippen molar-refractivity contribution < 1.29 is 18.0 Å². The number of aromatic nitrogens is 1. The molecule has 0 unspecified atom stereocenters. The molecule has 98 valence electrons. The summed E-state index contributed by atoms with van der Waals surface area (Å²) in [5.41, 5.74) is 0.527. The maximum absolute atomic E-state index is 12.4. The molecule has 2 nitrogen and oxygen atoms in total. The summed E-state index contributed by atoms with van der Waals surface area (Å²) in [5.74, 6) is -0.395. The Labute approximate surface area is 107 Å². The van der Waals surface area contributed by atoms with Crippen LogP contribution in [0, 0.1) is 6.92 Å². The SMILES string of the molecule is Cc1ccc(C(=O)c2ccc(C(F)(F)F)cc2)nc1. The second-order valence-electron chi connectivity index (χ2n) is 4.13. The van der Waals surface area contributed by atoms with Gasteiger partial charge in [0.25, 0.3) is 0 Å². The highest BCUT2D eigenvalue weighted by atomic mass is 19.4. The van der Waals surface area contributed by atoms with Crippen LogP contribution in [0.15, 0.2) is 42.6 Å². The summed E-state index contributed by atoms with van der Waals surface area (Å²) in [6, 6.07) is 7.38. The van der Waals surface area contributed by atoms with E-state index >= 15 is 0 Å². The highest BCUT2D eigenvalue weighted by molar-refractivity contribution is 6.07. The maximum atomic E-state index is 12.4. The van der Waals surface area contributed by atoms with Crippen LogP contribution in [0.5, 0.6) is 0 Å². The normalized spacial score (nSPS) is 11.4. The van der Waals surface area contributed by atoms with Crippen molar-refractivity contribution in [2.75, 3.05) is 0 Å². The number of rotatable bonds is 2. The Hall–Kier alpha value is -2.17. The molecular formula is C14H10F3NO. The molecule has 0 aliphatic heterocycles. The van der Waals surface area contributed by atoms with Crippen molar-refractivity contribution in [2.24, 2.45) is 0 Å². The summed E-state index contributed by atoms with van der Waals surface area (Å²) in [4.78, 5) is 15.9. The van der Waals surface area contributed by atoms with Gasteiger partial charge in [-0.3, -0.25) is 9.78 Å². The Balaban J connectivity index is 2.27. The van der Waals surface area contributed by atoms with Crippen molar-refractivity contribution in [2.45, 2.75) is 13.1 Å². The zero-order valence-electron chi connectivity index (χ0n) is 10.0. The van der Waals surface area contributed by atoms with Gasteiger partial charge >= 0.3 is 6.18 Å². The molecule has 0 saturated carbocycles. The van der Waals surface area contributed by atoms with Crippen LogP contribution in [-0.2, 0) is 6.18 Å². The van der Waals surface area contributed by atoms with Gasteiger partial charge in [-0.25, -0.2) is 0 Å². The molecular weight excluding hydrogens is 255 g/mol. The van der Waals surface area contributed by atoms with Crippen LogP contribution in [0.1, 0.15) is 27.2 Å². The van der Waals surface area contributed by atoms with E-state index in [2.05, 4.69) is 4.98 Å². The molecule has 0 fully saturated rings. The monoisotopic (exact) mass is 265 g/mol. The molecule has 2 aromatic rings. The van der Waals surface area contributed by atoms with Gasteiger partial charge in [0.15, 0.2) is 0 Å². The van der Waals surface area contributed by atoms with E-state index in [1.165, 1.54) is 6.20 Å². The van der Waals surface area contributed by atoms with Gasteiger partial charge in [-0.15, -0.1) is 0 Å². The molecule has 0 aliphatic carbocycles. The second kappa shape index (κ2) is 4.84. The molecule has 2 rings (SSSR count). The van der Waals surface area contributed by atoms with E-state index in [1.807, 2.05) is 6.92 Å². The summed E-state index contributed by atoms with van der Waals surface area (Å²) in [6.45, 7) is 1.83. The molecule has 0 radical (unpaired) electrons. The van der Waals surface area contributed by atoms with Gasteiger partial charge in [0.1, 0.15) is 5.69 Å². The first-order valence-electron chi connectivity index (χ1n) is 5.52. The minimum absolute atomic E-state index is 0.185. The van der Waals surface area contributed by atoms with Crippen molar-refractivity contribution in [3.63, 3.8) is 0 Å². The van der Waals surface area contributed by atoms with Crippen molar-refractivity contribution in [1.82, 2.24) is 4.98 Å². The fourth-order valence-corrected chi connectivity index (χ4v) is 1.56. The molecule has 1 heterocycles. The van der Waals surface area contributed by atoms with Gasteiger partial charge in [-0.05, 0) is 30.7 Å². The number of halogens is 3. The average molecular weight is 265 g/mol. The van der Waals surface area contributed by atoms with Crippen LogP contribution in [-0.4, -0.2) is 10.8 Å². The number of pyridine rings is 1. The highest BCUT2D eigenvalue weighted by Gasteiger charge is 2.30. The lowest BCUT2D eigenvalue weighted by Crippen LogP contribution is -2.07. The lowest BCUT2D eigenvalue weighted by Gasteiger charge is -2.07. The van der Waals surface area contributed by atoms with E-state index in [4.69, 9.17) is 0 Å². The van der Waals surface area contributed by atoms with Crippen LogP contribution in [0.25, 0.3) is 0 Å². The number of nitrogens with zero attached hydrogens (tertiary/aromatic N) is 1. The Bertz CT molecular complexity index is 586. The Kier molecular flexibility index (Phi) is 3.38. The molecule has 19 heavy (non-hydrogen) atoms. The van der Waals surface area contributed by atoms with Crippen molar-refractivity contribution in [1.29, 1.82) is 0 Å². The summed E-state index contributed by atoms with van der Waals surface area (Å²) >= 11 is 0. The first kappa shape index (κ1) is 13.3. The lowest BCUT2D eigenvalue weighted by molar-refractivity contribution is -0.137. The molecule has 0 spiro atoms. The molecule has 1 aromatic carbocycles. The summed E-state index contributed by atoms with van der Waals surface area (Å²) in [5, 5.41) is 0. The highest BCUT2D eigenvalue weighted by Crippen LogP contribution is 2.29. The first-order valence-corrected chi connectivity index (χ1v) is 5.52. The van der Waals surface area contributed by atoms with Gasteiger partial charge < -0.3 is 0 Å². The van der Waals surface area contributed by atoms with Crippen molar-refractivity contribution in [3.05, 3.63) is 65.0 Å². The van der Waals surface area contributed by atoms with Crippen LogP contribution in [0.2, 0.25) is 0 Å². The third-order valence-electron chi connectivity index (χ3n) is 2.62. The van der Waals surface area contributed by atoms with E-state index in [-0.39, 0.29) is 11.3 Å². The summed E-state index contributed by atoms with van der Waals surface area (Å²) in [6.07, 6.45) is -2.86. The standard InChI is InChI=1S/C14H10F3NO/c1-9-2-7-12(18-8-9)13(19)10-3-5-11(6-4-10)14(15,16)17/h2-8H,1H3. The lowest BCUT2D eigenvalue weighted by atomic mass is 10.1. The van der Waals surface area contributed by atoms with Gasteiger partial charge in [-0.1, -0.05) is 18.2 Å². The third-order valence-corrected chi connectivity index (χ3v) is 2.62. The Morgan fingerprint density at radius 3 is 2.16 bits per heavy atom. The minimum atomic E-state index is -4.40. The van der Waals surface area contributed by atoms with Gasteiger partial charge in [0, 0.05) is 11.8 Å². The smallest absolute Gasteiger partial charge is 0.287 e. The van der Waals surface area contributed by atoms with E-state index < -0.39 is 17.5 Å². The number of aryl methyl sites for hydroxylation is 1. The van der Waals surface area contributed by atoms with E-state index in [0.717, 1.165) is 29.8 Å². The fraction of sp³-hybridized carbons (Fsp3) is 0.143. The largest absolute Gasteiger partial charge is 0.416 e. The number of carbonyl (C=O) groups excluding carboxylic acids is 1. The quantitative estimate of drug-likeness (QED) is 0.776. The van der Waals surface area contributed by atoms with Gasteiger partial charge in [-0.2, -0.15) is 13.2 Å². The third kappa shape index (κ3) is 2.99. The zero-order valence-corrected chi connectivity index (χ0v) is 10.0. The number of alkyl halides is 3. The molecule has 1 aromatic heterocycles. The first-order chi connectivity index (χ1) is 8.88. The number of hydrogen-bond donors (Lipinski definition) is 0. The topological polar surface area (TPSA) is 30.0 Å². The molecule has 0 saturated heterocycles.